The molecule has 10 nitrogen and oxygen atoms in total. The van der Waals surface area contributed by atoms with E-state index in [1.165, 1.54) is 54.4 Å². The lowest BCUT2D eigenvalue weighted by Crippen LogP contribution is -2.49. The van der Waals surface area contributed by atoms with Crippen LogP contribution in [-0.4, -0.2) is 88.3 Å². The summed E-state index contributed by atoms with van der Waals surface area (Å²) in [6, 6.07) is 81.6. The van der Waals surface area contributed by atoms with Crippen LogP contribution in [0.4, 0.5) is 0 Å². The van der Waals surface area contributed by atoms with E-state index in [0.29, 0.717) is 0 Å². The van der Waals surface area contributed by atoms with Gasteiger partial charge in [0.2, 0.25) is 0 Å². The van der Waals surface area contributed by atoms with Crippen LogP contribution in [0, 0.1) is 0 Å². The van der Waals surface area contributed by atoms with Gasteiger partial charge in [-0.05, 0) is 190 Å². The molecule has 14 aromatic rings. The highest BCUT2D eigenvalue weighted by Crippen LogP contribution is 2.44. The number of aliphatic hydroxyl groups is 1. The standard InChI is InChI=1S/C36H32BN2O2.C30H19ClN2.C12H24B2O4.2CH3I/c1-35(2,40)36(3,4)41-37-24-18-21-33-30(22-24)29-20-19-26(23-34(29)38(33)25-12-6-5-7-13-25)39-31-16-10-8-14-27(31)28-15-9-11-17-32(28)39;31-20-14-17-29-26(18-20)25-16-15-22(19-30(25)32(29)21-8-2-1-3-9-21)33-27-12-6-4-10-23(27)24-11-5-7-13-28(24)33;1-9(2)10(3,4)16-13(15-9)14-17-11(5,6)12(7,8)18-14;2*1-2/h5-23,40H,1-4H3;1-19H;1-8H3;2*1H3. The molecular weight excluding hydrogens is 1430 g/mol. The number of aromatic nitrogens is 4. The third-order valence-corrected chi connectivity index (χ3v) is 20.2. The Balaban J connectivity index is 0.000000143. The first-order valence-electron chi connectivity index (χ1n) is 32.5. The van der Waals surface area contributed by atoms with Crippen molar-refractivity contribution in [3.05, 3.63) is 236 Å². The van der Waals surface area contributed by atoms with Gasteiger partial charge in [-0.3, -0.25) is 0 Å². The summed E-state index contributed by atoms with van der Waals surface area (Å²) in [4.78, 5) is 3.94. The summed E-state index contributed by atoms with van der Waals surface area (Å²) < 4.78 is 39.3. The highest BCUT2D eigenvalue weighted by atomic mass is 127. The molecule has 10 aromatic carbocycles. The summed E-state index contributed by atoms with van der Waals surface area (Å²) in [5, 5.41) is 21.0. The number of nitrogens with zero attached hydrogens (tertiary/aromatic N) is 4. The second-order valence-electron chi connectivity index (χ2n) is 27.5. The van der Waals surface area contributed by atoms with Gasteiger partial charge < -0.3 is 46.6 Å². The third-order valence-electron chi connectivity index (χ3n) is 19.9. The number of benzene rings is 10. The smallest absolute Gasteiger partial charge is 0.427 e. The van der Waals surface area contributed by atoms with Crippen LogP contribution in [0.15, 0.2) is 231 Å². The molecule has 2 fully saturated rings. The molecule has 0 saturated carbocycles. The number of alkyl halides is 2. The molecule has 1 N–H and O–H groups in total. The first-order chi connectivity index (χ1) is 45.9. The molecule has 0 unspecified atom stereocenters. The Morgan fingerprint density at radius 1 is 0.354 bits per heavy atom. The average molecular weight is 1520 g/mol. The molecule has 16 rings (SSSR count). The molecular formula is C80H81B3ClI2N4O6. The maximum atomic E-state index is 10.6. The zero-order valence-corrected chi connectivity index (χ0v) is 62.2. The fourth-order valence-electron chi connectivity index (χ4n) is 12.8. The molecule has 0 bridgehead atoms. The van der Waals surface area contributed by atoms with E-state index in [2.05, 4.69) is 288 Å². The molecule has 96 heavy (non-hydrogen) atoms. The Labute approximate surface area is 597 Å². The molecule has 2 aliphatic rings. The van der Waals surface area contributed by atoms with Gasteiger partial charge in [0.15, 0.2) is 0 Å². The predicted molar refractivity (Wildman–Crippen MR) is 424 cm³/mol. The summed E-state index contributed by atoms with van der Waals surface area (Å²) in [6.07, 6.45) is 0. The fraction of sp³-hybridized carbons (Fsp3) is 0.250. The Hall–Kier alpha value is -6.90. The highest BCUT2D eigenvalue weighted by molar-refractivity contribution is 14.1. The van der Waals surface area contributed by atoms with Crippen LogP contribution in [0.25, 0.3) is 110 Å². The van der Waals surface area contributed by atoms with E-state index in [1.54, 1.807) is 21.3 Å². The van der Waals surface area contributed by atoms with Crippen molar-refractivity contribution in [2.75, 3.05) is 9.86 Å². The van der Waals surface area contributed by atoms with Crippen molar-refractivity contribution in [1.82, 2.24) is 18.3 Å². The van der Waals surface area contributed by atoms with E-state index in [-0.39, 0.29) is 22.4 Å². The van der Waals surface area contributed by atoms with Gasteiger partial charge in [0, 0.05) is 70.9 Å². The van der Waals surface area contributed by atoms with E-state index < -0.39 is 25.2 Å². The first-order valence-corrected chi connectivity index (χ1v) is 37.2. The quantitative estimate of drug-likeness (QED) is 0.0880. The van der Waals surface area contributed by atoms with Crippen molar-refractivity contribution in [2.24, 2.45) is 0 Å². The Morgan fingerprint density at radius 3 is 1.02 bits per heavy atom. The van der Waals surface area contributed by atoms with Crippen LogP contribution in [0.1, 0.15) is 83.1 Å². The minimum atomic E-state index is -0.986. The van der Waals surface area contributed by atoms with E-state index in [4.69, 9.17) is 34.9 Å². The molecule has 2 saturated heterocycles. The number of hydrogen-bond acceptors (Lipinski definition) is 6. The Kier molecular flexibility index (Phi) is 19.5. The van der Waals surface area contributed by atoms with Crippen molar-refractivity contribution in [2.45, 2.75) is 117 Å². The van der Waals surface area contributed by atoms with Crippen LogP contribution < -0.4 is 5.46 Å². The van der Waals surface area contributed by atoms with Crippen molar-refractivity contribution < 1.29 is 28.4 Å². The van der Waals surface area contributed by atoms with Crippen molar-refractivity contribution >= 4 is 171 Å². The van der Waals surface area contributed by atoms with Crippen LogP contribution in [0.3, 0.4) is 0 Å². The van der Waals surface area contributed by atoms with Crippen LogP contribution in [-0.2, 0) is 23.3 Å². The zero-order chi connectivity index (χ0) is 68.3. The van der Waals surface area contributed by atoms with E-state index in [9.17, 15) is 5.11 Å². The molecule has 487 valence electrons. The van der Waals surface area contributed by atoms with Crippen molar-refractivity contribution in [3.63, 3.8) is 0 Å². The number of rotatable bonds is 9. The number of halogens is 3. The van der Waals surface area contributed by atoms with Crippen molar-refractivity contribution in [3.8, 4) is 22.7 Å². The van der Waals surface area contributed by atoms with Gasteiger partial charge in [0.05, 0.1) is 77.7 Å². The summed E-state index contributed by atoms with van der Waals surface area (Å²) in [5.74, 6) is 0. The number of fused-ring (bicyclic) bond motifs is 12. The summed E-state index contributed by atoms with van der Waals surface area (Å²) in [6.45, 7) is 23.6. The summed E-state index contributed by atoms with van der Waals surface area (Å²) in [7, 11) is 0.808. The lowest BCUT2D eigenvalue weighted by atomic mass is 9.49. The Bertz CT molecular complexity index is 4980. The van der Waals surface area contributed by atoms with Crippen LogP contribution in [0.2, 0.25) is 5.02 Å². The highest BCUT2D eigenvalue weighted by Gasteiger charge is 2.63. The monoisotopic (exact) mass is 1520 g/mol. The summed E-state index contributed by atoms with van der Waals surface area (Å²) >= 11 is 10.7. The van der Waals surface area contributed by atoms with Gasteiger partial charge in [-0.2, -0.15) is 0 Å². The second-order valence-corrected chi connectivity index (χ2v) is 27.9. The fourth-order valence-corrected chi connectivity index (χ4v) is 13.0. The van der Waals surface area contributed by atoms with E-state index >= 15 is 0 Å². The maximum absolute atomic E-state index is 10.6. The Morgan fingerprint density at radius 2 is 0.656 bits per heavy atom. The van der Waals surface area contributed by atoms with Gasteiger partial charge in [-0.25, -0.2) is 0 Å². The third kappa shape index (κ3) is 12.6. The minimum absolute atomic E-state index is 0.360. The second kappa shape index (κ2) is 27.1. The van der Waals surface area contributed by atoms with E-state index in [0.717, 1.165) is 66.1 Å². The van der Waals surface area contributed by atoms with Gasteiger partial charge >= 0.3 is 21.5 Å². The average Bonchev–Trinajstić information content (AvgIpc) is 1.58. The van der Waals surface area contributed by atoms with Gasteiger partial charge in [-0.15, -0.1) is 0 Å². The lowest BCUT2D eigenvalue weighted by Gasteiger charge is -2.37. The van der Waals surface area contributed by atoms with Crippen LogP contribution >= 0.6 is 56.8 Å². The predicted octanol–water partition coefficient (Wildman–Crippen LogP) is 20.6. The van der Waals surface area contributed by atoms with Gasteiger partial charge in [0.25, 0.3) is 0 Å². The number of para-hydroxylation sites is 6. The molecule has 0 spiro atoms. The molecule has 0 amide bonds. The molecule has 1 radical (unpaired) electrons. The normalized spacial score (nSPS) is 15.6. The summed E-state index contributed by atoms with van der Waals surface area (Å²) in [5.41, 5.74) is 11.7. The molecule has 4 aromatic heterocycles. The maximum Gasteiger partial charge on any atom is 0.488 e. The largest absolute Gasteiger partial charge is 0.488 e. The lowest BCUT2D eigenvalue weighted by molar-refractivity contribution is -0.0893. The topological polar surface area (TPSA) is 86.1 Å². The molecule has 16 heteroatoms. The van der Waals surface area contributed by atoms with Gasteiger partial charge in [-0.1, -0.05) is 196 Å². The molecule has 6 heterocycles. The van der Waals surface area contributed by atoms with Gasteiger partial charge in [0.1, 0.15) is 0 Å². The molecule has 0 aliphatic carbocycles. The first kappa shape index (κ1) is 69.0. The number of hydrogen-bond donors (Lipinski definition) is 1. The van der Waals surface area contributed by atoms with E-state index in [1.807, 2.05) is 85.2 Å². The SMILES string of the molecule is CC(C)(O)C(C)(C)O[B]c1ccc2c(c1)c1ccc(-n3c4ccccc4c4ccccc43)cc1n2-c1ccccc1.CC1(C)OB(B2OC(C)(C)C(C)(C)O2)OC1(C)C.CI.CI.Clc1ccc2c(c1)c1ccc(-n3c4ccccc4c4ccccc43)cc1n2-c1ccccc1. The van der Waals surface area contributed by atoms with Crippen molar-refractivity contribution in [1.29, 1.82) is 0 Å². The van der Waals surface area contributed by atoms with Crippen LogP contribution in [0.5, 0.6) is 0 Å². The molecule has 2 aliphatic heterocycles. The zero-order valence-electron chi connectivity index (χ0n) is 57.1. The molecule has 0 atom stereocenters. The minimum Gasteiger partial charge on any atom is -0.427 e.